The predicted octanol–water partition coefficient (Wildman–Crippen LogP) is 4.85. The van der Waals surface area contributed by atoms with E-state index in [1.165, 1.54) is 5.56 Å². The molecule has 0 aliphatic rings. The van der Waals surface area contributed by atoms with E-state index in [-0.39, 0.29) is 0 Å². The first-order valence-electron chi connectivity index (χ1n) is 7.40. The molecule has 0 saturated carbocycles. The van der Waals surface area contributed by atoms with Crippen LogP contribution in [0, 0.1) is 0 Å². The summed E-state index contributed by atoms with van der Waals surface area (Å²) in [6.45, 7) is 8.33. The van der Waals surface area contributed by atoms with Gasteiger partial charge in [-0.15, -0.1) is 0 Å². The first-order valence-corrected chi connectivity index (χ1v) is 7.40. The van der Waals surface area contributed by atoms with Crippen molar-refractivity contribution in [3.05, 3.63) is 48.3 Å². The molecule has 0 unspecified atom stereocenters. The van der Waals surface area contributed by atoms with Crippen molar-refractivity contribution < 1.29 is 0 Å². The van der Waals surface area contributed by atoms with Gasteiger partial charge in [-0.2, -0.15) is 4.98 Å². The summed E-state index contributed by atoms with van der Waals surface area (Å²) in [6, 6.07) is 9.91. The maximum Gasteiger partial charge on any atom is 0.229 e. The minimum absolute atomic E-state index is 0.463. The Kier molecular flexibility index (Phi) is 4.93. The lowest BCUT2D eigenvalue weighted by molar-refractivity contribution is 0.875. The van der Waals surface area contributed by atoms with E-state index in [4.69, 9.17) is 0 Å². The standard InChI is InChI=1S/C15H16N4.C2H6/c1-10(2)12-8-16-14-13(12)9-17-15(19-14)18-11-6-4-3-5-7-11;1-2/h3-10H,1-2H3,(H2,16,17,18,19);1-2H3. The summed E-state index contributed by atoms with van der Waals surface area (Å²) in [4.78, 5) is 12.1. The van der Waals surface area contributed by atoms with E-state index in [1.54, 1.807) is 0 Å². The summed E-state index contributed by atoms with van der Waals surface area (Å²) in [5, 5.41) is 4.28. The number of anilines is 2. The molecule has 4 heteroatoms. The van der Waals surface area contributed by atoms with Gasteiger partial charge in [0.25, 0.3) is 0 Å². The van der Waals surface area contributed by atoms with Crippen LogP contribution in [0.3, 0.4) is 0 Å². The monoisotopic (exact) mass is 282 g/mol. The molecule has 2 heterocycles. The number of aromatic nitrogens is 3. The molecule has 0 atom stereocenters. The second-order valence-corrected chi connectivity index (χ2v) is 4.85. The zero-order valence-electron chi connectivity index (χ0n) is 13.0. The zero-order valence-corrected chi connectivity index (χ0v) is 13.0. The largest absolute Gasteiger partial charge is 0.346 e. The molecule has 2 aromatic heterocycles. The molecule has 0 amide bonds. The summed E-state index contributed by atoms with van der Waals surface area (Å²) in [5.41, 5.74) is 3.11. The fourth-order valence-electron chi connectivity index (χ4n) is 2.12. The van der Waals surface area contributed by atoms with Gasteiger partial charge in [-0.3, -0.25) is 0 Å². The zero-order chi connectivity index (χ0) is 15.2. The number of aromatic amines is 1. The number of rotatable bonds is 3. The molecule has 1 aromatic carbocycles. The molecule has 0 saturated heterocycles. The molecule has 0 radical (unpaired) electrons. The van der Waals surface area contributed by atoms with Gasteiger partial charge in [0.2, 0.25) is 5.95 Å². The predicted molar refractivity (Wildman–Crippen MR) is 89.1 cm³/mol. The first kappa shape index (κ1) is 15.0. The summed E-state index contributed by atoms with van der Waals surface area (Å²) >= 11 is 0. The van der Waals surface area contributed by atoms with Crippen LogP contribution in [-0.4, -0.2) is 15.0 Å². The Morgan fingerprint density at radius 2 is 1.81 bits per heavy atom. The summed E-state index contributed by atoms with van der Waals surface area (Å²) in [6.07, 6.45) is 3.88. The molecule has 0 aliphatic carbocycles. The molecular formula is C17H22N4. The van der Waals surface area contributed by atoms with E-state index in [2.05, 4.69) is 34.1 Å². The Labute approximate surface area is 125 Å². The van der Waals surface area contributed by atoms with Crippen LogP contribution in [0.5, 0.6) is 0 Å². The lowest BCUT2D eigenvalue weighted by Crippen LogP contribution is -1.96. The highest BCUT2D eigenvalue weighted by atomic mass is 15.1. The van der Waals surface area contributed by atoms with Crippen LogP contribution in [0.4, 0.5) is 11.6 Å². The van der Waals surface area contributed by atoms with Gasteiger partial charge < -0.3 is 10.3 Å². The van der Waals surface area contributed by atoms with Crippen molar-refractivity contribution in [2.75, 3.05) is 5.32 Å². The lowest BCUT2D eigenvalue weighted by atomic mass is 10.1. The van der Waals surface area contributed by atoms with Crippen molar-refractivity contribution in [1.29, 1.82) is 0 Å². The van der Waals surface area contributed by atoms with Crippen molar-refractivity contribution in [3.8, 4) is 0 Å². The van der Waals surface area contributed by atoms with Crippen molar-refractivity contribution in [3.63, 3.8) is 0 Å². The summed E-state index contributed by atoms with van der Waals surface area (Å²) < 4.78 is 0. The van der Waals surface area contributed by atoms with Gasteiger partial charge in [-0.25, -0.2) is 4.98 Å². The average Bonchev–Trinajstić information content (AvgIpc) is 2.93. The Bertz CT molecular complexity index is 686. The van der Waals surface area contributed by atoms with Gasteiger partial charge in [-0.1, -0.05) is 45.9 Å². The summed E-state index contributed by atoms with van der Waals surface area (Å²) in [7, 11) is 0. The Morgan fingerprint density at radius 1 is 1.10 bits per heavy atom. The third-order valence-corrected chi connectivity index (χ3v) is 3.12. The quantitative estimate of drug-likeness (QED) is 0.722. The van der Waals surface area contributed by atoms with Crippen molar-refractivity contribution >= 4 is 22.7 Å². The molecule has 0 spiro atoms. The van der Waals surface area contributed by atoms with Gasteiger partial charge >= 0.3 is 0 Å². The van der Waals surface area contributed by atoms with Crippen LogP contribution in [0.25, 0.3) is 11.0 Å². The van der Waals surface area contributed by atoms with Gasteiger partial charge in [0.1, 0.15) is 5.65 Å². The van der Waals surface area contributed by atoms with E-state index >= 15 is 0 Å². The van der Waals surface area contributed by atoms with E-state index in [1.807, 2.05) is 56.6 Å². The molecule has 0 aliphatic heterocycles. The molecule has 110 valence electrons. The molecule has 0 fully saturated rings. The third kappa shape index (κ3) is 3.40. The Balaban J connectivity index is 0.000000774. The van der Waals surface area contributed by atoms with Crippen molar-refractivity contribution in [2.45, 2.75) is 33.6 Å². The number of hydrogen-bond acceptors (Lipinski definition) is 3. The summed E-state index contributed by atoms with van der Waals surface area (Å²) in [5.74, 6) is 1.07. The van der Waals surface area contributed by atoms with Crippen LogP contribution in [0.15, 0.2) is 42.7 Å². The number of nitrogens with zero attached hydrogens (tertiary/aromatic N) is 2. The third-order valence-electron chi connectivity index (χ3n) is 3.12. The van der Waals surface area contributed by atoms with Crippen LogP contribution >= 0.6 is 0 Å². The van der Waals surface area contributed by atoms with Crippen LogP contribution in [0.2, 0.25) is 0 Å². The molecule has 3 rings (SSSR count). The highest BCUT2D eigenvalue weighted by Gasteiger charge is 2.09. The van der Waals surface area contributed by atoms with Gasteiger partial charge in [0, 0.05) is 23.5 Å². The molecule has 21 heavy (non-hydrogen) atoms. The van der Waals surface area contributed by atoms with Crippen LogP contribution in [0.1, 0.15) is 39.2 Å². The van der Waals surface area contributed by atoms with Gasteiger partial charge in [0.15, 0.2) is 0 Å². The number of para-hydroxylation sites is 1. The fourth-order valence-corrected chi connectivity index (χ4v) is 2.12. The first-order chi connectivity index (χ1) is 10.2. The number of hydrogen-bond donors (Lipinski definition) is 2. The van der Waals surface area contributed by atoms with Crippen LogP contribution in [-0.2, 0) is 0 Å². The smallest absolute Gasteiger partial charge is 0.229 e. The topological polar surface area (TPSA) is 53.6 Å². The number of nitrogens with one attached hydrogen (secondary N) is 2. The lowest BCUT2D eigenvalue weighted by Gasteiger charge is -2.05. The van der Waals surface area contributed by atoms with E-state index < -0.39 is 0 Å². The normalized spacial score (nSPS) is 10.3. The van der Waals surface area contributed by atoms with Crippen LogP contribution < -0.4 is 5.32 Å². The van der Waals surface area contributed by atoms with Crippen molar-refractivity contribution in [1.82, 2.24) is 15.0 Å². The fraction of sp³-hybridized carbons (Fsp3) is 0.294. The van der Waals surface area contributed by atoms with E-state index in [9.17, 15) is 0 Å². The molecule has 4 nitrogen and oxygen atoms in total. The molecule has 3 aromatic rings. The molecular weight excluding hydrogens is 260 g/mol. The average molecular weight is 282 g/mol. The second kappa shape index (κ2) is 6.88. The Hall–Kier alpha value is -2.36. The molecule has 2 N–H and O–H groups in total. The number of H-pyrrole nitrogens is 1. The van der Waals surface area contributed by atoms with Gasteiger partial charge in [0.05, 0.1) is 0 Å². The second-order valence-electron chi connectivity index (χ2n) is 4.85. The van der Waals surface area contributed by atoms with E-state index in [0.717, 1.165) is 16.7 Å². The van der Waals surface area contributed by atoms with Gasteiger partial charge in [-0.05, 0) is 23.6 Å². The molecule has 0 bridgehead atoms. The maximum atomic E-state index is 4.50. The van der Waals surface area contributed by atoms with E-state index in [0.29, 0.717) is 11.9 Å². The SMILES string of the molecule is CC.CC(C)c1c[nH]c2nc(Nc3ccccc3)ncc12. The maximum absolute atomic E-state index is 4.50. The minimum Gasteiger partial charge on any atom is -0.346 e. The Morgan fingerprint density at radius 3 is 2.48 bits per heavy atom. The highest BCUT2D eigenvalue weighted by molar-refractivity contribution is 5.80. The number of fused-ring (bicyclic) bond motifs is 1. The minimum atomic E-state index is 0.463. The van der Waals surface area contributed by atoms with Crippen molar-refractivity contribution in [2.24, 2.45) is 0 Å². The highest BCUT2D eigenvalue weighted by Crippen LogP contribution is 2.24. The number of benzene rings is 1.